The van der Waals surface area contributed by atoms with Crippen molar-refractivity contribution in [3.05, 3.63) is 93.5 Å². The highest BCUT2D eigenvalue weighted by Gasteiger charge is 2.12. The number of carboxylic acids is 1. The SMILES string of the molecule is O=C(O)CO/N=C/c1cccc(OCc2cccc(Cl)c2)c1OCc1cccc(Cl)c1. The zero-order valence-electron chi connectivity index (χ0n) is 16.3. The van der Waals surface area contributed by atoms with Gasteiger partial charge in [0.15, 0.2) is 11.5 Å². The largest absolute Gasteiger partial charge is 0.485 e. The second-order valence-corrected chi connectivity index (χ2v) is 7.29. The van der Waals surface area contributed by atoms with Crippen LogP contribution in [0.2, 0.25) is 10.0 Å². The molecule has 0 bridgehead atoms. The number of rotatable bonds is 10. The van der Waals surface area contributed by atoms with Crippen LogP contribution in [0.4, 0.5) is 0 Å². The lowest BCUT2D eigenvalue weighted by Gasteiger charge is -2.15. The summed E-state index contributed by atoms with van der Waals surface area (Å²) in [5.41, 5.74) is 2.34. The van der Waals surface area contributed by atoms with Crippen molar-refractivity contribution in [3.8, 4) is 11.5 Å². The molecule has 0 saturated heterocycles. The molecule has 3 aromatic carbocycles. The van der Waals surface area contributed by atoms with Crippen molar-refractivity contribution in [1.82, 2.24) is 0 Å². The van der Waals surface area contributed by atoms with Crippen LogP contribution in [0, 0.1) is 0 Å². The van der Waals surface area contributed by atoms with E-state index in [1.165, 1.54) is 6.21 Å². The highest BCUT2D eigenvalue weighted by Crippen LogP contribution is 2.32. The Bertz CT molecular complexity index is 1070. The summed E-state index contributed by atoms with van der Waals surface area (Å²) in [6.07, 6.45) is 1.38. The maximum absolute atomic E-state index is 10.6. The molecule has 3 rings (SSSR count). The van der Waals surface area contributed by atoms with Gasteiger partial charge >= 0.3 is 5.97 Å². The standard InChI is InChI=1S/C23H19Cl2NO5/c24-19-7-1-4-16(10-19)13-29-21-9-3-6-18(12-26-31-15-22(27)28)23(21)30-14-17-5-2-8-20(25)11-17/h1-12H,13-15H2,(H,27,28)/b26-12+. The van der Waals surface area contributed by atoms with E-state index < -0.39 is 12.6 Å². The van der Waals surface area contributed by atoms with Gasteiger partial charge in [0, 0.05) is 15.6 Å². The zero-order valence-corrected chi connectivity index (χ0v) is 17.8. The molecule has 3 aromatic rings. The van der Waals surface area contributed by atoms with Gasteiger partial charge in [0.05, 0.1) is 6.21 Å². The van der Waals surface area contributed by atoms with E-state index in [2.05, 4.69) is 5.16 Å². The molecule has 6 nitrogen and oxygen atoms in total. The van der Waals surface area contributed by atoms with Crippen LogP contribution < -0.4 is 9.47 Å². The molecule has 0 atom stereocenters. The monoisotopic (exact) mass is 459 g/mol. The Kier molecular flexibility index (Phi) is 8.15. The molecule has 0 amide bonds. The normalized spacial score (nSPS) is 10.8. The number of aliphatic carboxylic acids is 1. The van der Waals surface area contributed by atoms with Crippen molar-refractivity contribution in [3.63, 3.8) is 0 Å². The number of carboxylic acid groups (broad SMARTS) is 1. The van der Waals surface area contributed by atoms with E-state index in [0.717, 1.165) is 11.1 Å². The average molecular weight is 460 g/mol. The van der Waals surface area contributed by atoms with Crippen LogP contribution in [-0.4, -0.2) is 23.9 Å². The van der Waals surface area contributed by atoms with Crippen LogP contribution in [-0.2, 0) is 22.8 Å². The lowest BCUT2D eigenvalue weighted by atomic mass is 10.2. The van der Waals surface area contributed by atoms with Gasteiger partial charge in [-0.1, -0.05) is 58.7 Å². The summed E-state index contributed by atoms with van der Waals surface area (Å²) < 4.78 is 12.0. The molecule has 160 valence electrons. The van der Waals surface area contributed by atoms with Gasteiger partial charge in [0.2, 0.25) is 6.61 Å². The van der Waals surface area contributed by atoms with E-state index in [0.29, 0.717) is 27.1 Å². The zero-order chi connectivity index (χ0) is 22.1. The van der Waals surface area contributed by atoms with Gasteiger partial charge < -0.3 is 19.4 Å². The van der Waals surface area contributed by atoms with Crippen molar-refractivity contribution in [2.75, 3.05) is 6.61 Å². The number of carbonyl (C=O) groups is 1. The number of para-hydroxylation sites is 1. The molecule has 8 heteroatoms. The van der Waals surface area contributed by atoms with Gasteiger partial charge in [-0.2, -0.15) is 0 Å². The summed E-state index contributed by atoms with van der Waals surface area (Å²) in [5, 5.41) is 13.6. The molecule has 0 aliphatic heterocycles. The van der Waals surface area contributed by atoms with Gasteiger partial charge in [0.25, 0.3) is 0 Å². The van der Waals surface area contributed by atoms with E-state index >= 15 is 0 Å². The van der Waals surface area contributed by atoms with Crippen LogP contribution in [0.3, 0.4) is 0 Å². The van der Waals surface area contributed by atoms with Crippen LogP contribution >= 0.6 is 23.2 Å². The molecule has 0 heterocycles. The third kappa shape index (κ3) is 7.20. The van der Waals surface area contributed by atoms with Crippen molar-refractivity contribution in [2.45, 2.75) is 13.2 Å². The Hall–Kier alpha value is -3.22. The fourth-order valence-corrected chi connectivity index (χ4v) is 3.08. The Labute approximate surface area is 189 Å². The molecule has 0 fully saturated rings. The minimum absolute atomic E-state index is 0.245. The minimum atomic E-state index is -1.12. The summed E-state index contributed by atoms with van der Waals surface area (Å²) in [5.74, 6) is -0.190. The Balaban J connectivity index is 1.81. The number of nitrogens with zero attached hydrogens (tertiary/aromatic N) is 1. The van der Waals surface area contributed by atoms with Crippen LogP contribution in [0.1, 0.15) is 16.7 Å². The predicted octanol–water partition coefficient (Wildman–Crippen LogP) is 5.59. The first-order valence-corrected chi connectivity index (χ1v) is 10.0. The molecule has 31 heavy (non-hydrogen) atoms. The second-order valence-electron chi connectivity index (χ2n) is 6.41. The molecule has 0 saturated carbocycles. The van der Waals surface area contributed by atoms with Crippen molar-refractivity contribution in [2.24, 2.45) is 5.16 Å². The van der Waals surface area contributed by atoms with Crippen molar-refractivity contribution in [1.29, 1.82) is 0 Å². The molecule has 0 radical (unpaired) electrons. The van der Waals surface area contributed by atoms with Gasteiger partial charge in [-0.25, -0.2) is 4.79 Å². The third-order valence-corrected chi connectivity index (χ3v) is 4.49. The fourth-order valence-electron chi connectivity index (χ4n) is 2.66. The van der Waals surface area contributed by atoms with Crippen LogP contribution in [0.15, 0.2) is 71.9 Å². The summed E-state index contributed by atoms with van der Waals surface area (Å²) in [7, 11) is 0. The molecular formula is C23H19Cl2NO5. The first kappa shape index (κ1) is 22.5. The van der Waals surface area contributed by atoms with Crippen molar-refractivity contribution >= 4 is 35.4 Å². The summed E-state index contributed by atoms with van der Waals surface area (Å²) in [6, 6.07) is 20.0. The Morgan fingerprint density at radius 1 is 0.903 bits per heavy atom. The smallest absolute Gasteiger partial charge is 0.344 e. The highest BCUT2D eigenvalue weighted by atomic mass is 35.5. The lowest BCUT2D eigenvalue weighted by Crippen LogP contribution is -2.05. The second kappa shape index (κ2) is 11.2. The third-order valence-electron chi connectivity index (χ3n) is 4.02. The summed E-state index contributed by atoms with van der Waals surface area (Å²) in [4.78, 5) is 15.4. The Morgan fingerprint density at radius 3 is 2.13 bits per heavy atom. The number of halogens is 2. The average Bonchev–Trinajstić information content (AvgIpc) is 2.74. The van der Waals surface area contributed by atoms with E-state index in [-0.39, 0.29) is 13.2 Å². The quantitative estimate of drug-likeness (QED) is 0.316. The van der Waals surface area contributed by atoms with Crippen LogP contribution in [0.25, 0.3) is 0 Å². The topological polar surface area (TPSA) is 77.4 Å². The number of ether oxygens (including phenoxy) is 2. The molecular weight excluding hydrogens is 441 g/mol. The molecule has 0 aromatic heterocycles. The first-order chi connectivity index (χ1) is 15.0. The van der Waals surface area contributed by atoms with Gasteiger partial charge in [-0.05, 0) is 47.5 Å². The Morgan fingerprint density at radius 2 is 1.52 bits per heavy atom. The molecule has 1 N–H and O–H groups in total. The molecule has 0 unspecified atom stereocenters. The summed E-state index contributed by atoms with van der Waals surface area (Å²) in [6.45, 7) is -0.0146. The molecule has 0 aliphatic carbocycles. The first-order valence-electron chi connectivity index (χ1n) is 9.26. The highest BCUT2D eigenvalue weighted by molar-refractivity contribution is 6.30. The van der Waals surface area contributed by atoms with Gasteiger partial charge in [0.1, 0.15) is 13.2 Å². The van der Waals surface area contributed by atoms with Crippen LogP contribution in [0.5, 0.6) is 11.5 Å². The maximum Gasteiger partial charge on any atom is 0.344 e. The molecule has 0 spiro atoms. The van der Waals surface area contributed by atoms with E-state index in [9.17, 15) is 4.79 Å². The van der Waals surface area contributed by atoms with E-state index in [4.69, 9.17) is 42.6 Å². The number of hydrogen-bond donors (Lipinski definition) is 1. The van der Waals surface area contributed by atoms with Gasteiger partial charge in [-0.15, -0.1) is 0 Å². The number of oxime groups is 1. The van der Waals surface area contributed by atoms with E-state index in [1.807, 2.05) is 30.3 Å². The fraction of sp³-hybridized carbons (Fsp3) is 0.130. The summed E-state index contributed by atoms with van der Waals surface area (Å²) >= 11 is 12.1. The van der Waals surface area contributed by atoms with Crippen molar-refractivity contribution < 1.29 is 24.2 Å². The minimum Gasteiger partial charge on any atom is -0.485 e. The lowest BCUT2D eigenvalue weighted by molar-refractivity contribution is -0.142. The van der Waals surface area contributed by atoms with Gasteiger partial charge in [-0.3, -0.25) is 0 Å². The molecule has 0 aliphatic rings. The predicted molar refractivity (Wildman–Crippen MR) is 119 cm³/mol. The number of benzene rings is 3. The maximum atomic E-state index is 10.6. The number of hydrogen-bond acceptors (Lipinski definition) is 5. The van der Waals surface area contributed by atoms with E-state index in [1.54, 1.807) is 36.4 Å².